The van der Waals surface area contributed by atoms with Crippen molar-refractivity contribution in [2.45, 2.75) is 53.5 Å². The minimum atomic E-state index is 0.356. The van der Waals surface area contributed by atoms with Gasteiger partial charge in [0.15, 0.2) is 0 Å². The summed E-state index contributed by atoms with van der Waals surface area (Å²) in [5.41, 5.74) is 0.712. The number of anilines is 1. The molecular weight excluding hydrogens is 210 g/mol. The molecule has 0 amide bonds. The molecule has 1 N–H and O–H groups in total. The number of aromatic nitrogens is 2. The van der Waals surface area contributed by atoms with Gasteiger partial charge in [0, 0.05) is 25.0 Å². The lowest BCUT2D eigenvalue weighted by Gasteiger charge is -2.11. The third kappa shape index (κ3) is 1.85. The molecule has 0 saturated heterocycles. The van der Waals surface area contributed by atoms with Crippen molar-refractivity contribution >= 4 is 5.95 Å². The van der Waals surface area contributed by atoms with Crippen LogP contribution in [0.15, 0.2) is 12.4 Å². The summed E-state index contributed by atoms with van der Waals surface area (Å²) in [4.78, 5) is 4.43. The van der Waals surface area contributed by atoms with Gasteiger partial charge in [-0.05, 0) is 17.3 Å². The largest absolute Gasteiger partial charge is 0.356 e. The van der Waals surface area contributed by atoms with Crippen LogP contribution < -0.4 is 5.32 Å². The molecule has 1 aromatic heterocycles. The topological polar surface area (TPSA) is 29.9 Å². The van der Waals surface area contributed by atoms with Gasteiger partial charge in [0.2, 0.25) is 5.95 Å². The highest BCUT2D eigenvalue weighted by atomic mass is 15.2. The fraction of sp³-hybridized carbons (Fsp3) is 0.786. The van der Waals surface area contributed by atoms with Gasteiger partial charge in [-0.2, -0.15) is 0 Å². The summed E-state index contributed by atoms with van der Waals surface area (Å²) in [6.07, 6.45) is 6.42. The molecule has 1 saturated carbocycles. The molecule has 96 valence electrons. The van der Waals surface area contributed by atoms with Gasteiger partial charge in [0.1, 0.15) is 0 Å². The summed E-state index contributed by atoms with van der Waals surface area (Å²) < 4.78 is 2.32. The molecule has 1 heterocycles. The number of rotatable bonds is 5. The first-order valence-corrected chi connectivity index (χ1v) is 6.69. The summed E-state index contributed by atoms with van der Waals surface area (Å²) >= 11 is 0. The Hall–Kier alpha value is -0.990. The van der Waals surface area contributed by atoms with E-state index in [4.69, 9.17) is 0 Å². The van der Waals surface area contributed by atoms with E-state index < -0.39 is 0 Å². The minimum absolute atomic E-state index is 0.356. The molecule has 1 aliphatic rings. The molecule has 17 heavy (non-hydrogen) atoms. The van der Waals surface area contributed by atoms with Crippen molar-refractivity contribution in [3.8, 4) is 0 Å². The number of nitrogens with zero attached hydrogens (tertiary/aromatic N) is 2. The van der Waals surface area contributed by atoms with Crippen LogP contribution in [0.2, 0.25) is 0 Å². The van der Waals surface area contributed by atoms with Crippen LogP contribution in [0, 0.1) is 10.8 Å². The smallest absolute Gasteiger partial charge is 0.203 e. The van der Waals surface area contributed by atoms with E-state index in [0.717, 1.165) is 12.5 Å². The maximum atomic E-state index is 4.43. The maximum absolute atomic E-state index is 4.43. The minimum Gasteiger partial charge on any atom is -0.356 e. The Labute approximate surface area is 105 Å². The first kappa shape index (κ1) is 12.5. The molecular formula is C14H25N3. The standard InChI is InChI=1S/C14H25N3/c1-6-7-8-15-12-16-9-10-17(12)11-13(2,3)14(11,4)5/h9-11H,6-8H2,1-5H3,(H,15,16). The molecule has 0 unspecified atom stereocenters. The number of hydrogen-bond donors (Lipinski definition) is 1. The van der Waals surface area contributed by atoms with Crippen LogP contribution in [-0.4, -0.2) is 16.1 Å². The highest BCUT2D eigenvalue weighted by molar-refractivity contribution is 5.31. The summed E-state index contributed by atoms with van der Waals surface area (Å²) in [6, 6.07) is 0.557. The normalized spacial score (nSPS) is 21.5. The first-order chi connectivity index (χ1) is 7.93. The molecule has 0 aromatic carbocycles. The summed E-state index contributed by atoms with van der Waals surface area (Å²) in [6.45, 7) is 12.6. The average Bonchev–Trinajstić information content (AvgIpc) is 2.60. The van der Waals surface area contributed by atoms with E-state index in [0.29, 0.717) is 16.9 Å². The molecule has 1 aliphatic carbocycles. The second-order valence-corrected chi connectivity index (χ2v) is 6.28. The van der Waals surface area contributed by atoms with Gasteiger partial charge >= 0.3 is 0 Å². The Balaban J connectivity index is 2.11. The number of unbranched alkanes of at least 4 members (excludes halogenated alkanes) is 1. The van der Waals surface area contributed by atoms with Crippen LogP contribution in [0.4, 0.5) is 5.95 Å². The molecule has 0 atom stereocenters. The lowest BCUT2D eigenvalue weighted by molar-refractivity contribution is 0.457. The van der Waals surface area contributed by atoms with E-state index in [9.17, 15) is 0 Å². The Morgan fingerprint density at radius 2 is 1.94 bits per heavy atom. The monoisotopic (exact) mass is 235 g/mol. The van der Waals surface area contributed by atoms with E-state index in [1.54, 1.807) is 0 Å². The van der Waals surface area contributed by atoms with E-state index in [1.165, 1.54) is 12.8 Å². The molecule has 0 spiro atoms. The predicted molar refractivity (Wildman–Crippen MR) is 72.2 cm³/mol. The number of nitrogens with one attached hydrogen (secondary N) is 1. The van der Waals surface area contributed by atoms with Gasteiger partial charge in [0.05, 0.1) is 0 Å². The van der Waals surface area contributed by atoms with Gasteiger partial charge in [0.25, 0.3) is 0 Å². The third-order valence-electron chi connectivity index (χ3n) is 4.70. The van der Waals surface area contributed by atoms with Crippen molar-refractivity contribution in [2.75, 3.05) is 11.9 Å². The van der Waals surface area contributed by atoms with Gasteiger partial charge in [-0.3, -0.25) is 0 Å². The van der Waals surface area contributed by atoms with E-state index in [2.05, 4.69) is 55.7 Å². The van der Waals surface area contributed by atoms with Gasteiger partial charge in [-0.15, -0.1) is 0 Å². The maximum Gasteiger partial charge on any atom is 0.203 e. The SMILES string of the molecule is CCCCNc1nccn1C1C(C)(C)C1(C)C. The highest BCUT2D eigenvalue weighted by Gasteiger charge is 2.66. The molecule has 1 fully saturated rings. The van der Waals surface area contributed by atoms with Crippen molar-refractivity contribution in [3.63, 3.8) is 0 Å². The van der Waals surface area contributed by atoms with Gasteiger partial charge < -0.3 is 9.88 Å². The fourth-order valence-electron chi connectivity index (χ4n) is 2.89. The van der Waals surface area contributed by atoms with Crippen molar-refractivity contribution in [1.82, 2.24) is 9.55 Å². The summed E-state index contributed by atoms with van der Waals surface area (Å²) in [7, 11) is 0. The Kier molecular flexibility index (Phi) is 2.96. The van der Waals surface area contributed by atoms with Crippen molar-refractivity contribution < 1.29 is 0 Å². The number of imidazole rings is 1. The van der Waals surface area contributed by atoms with Gasteiger partial charge in [-0.1, -0.05) is 41.0 Å². The van der Waals surface area contributed by atoms with Crippen LogP contribution >= 0.6 is 0 Å². The van der Waals surface area contributed by atoms with Crippen LogP contribution in [0.25, 0.3) is 0 Å². The van der Waals surface area contributed by atoms with E-state index in [1.807, 2.05) is 6.20 Å². The van der Waals surface area contributed by atoms with E-state index >= 15 is 0 Å². The van der Waals surface area contributed by atoms with Crippen LogP contribution in [0.5, 0.6) is 0 Å². The quantitative estimate of drug-likeness (QED) is 0.789. The first-order valence-electron chi connectivity index (χ1n) is 6.69. The lowest BCUT2D eigenvalue weighted by atomic mass is 10.0. The second-order valence-electron chi connectivity index (χ2n) is 6.28. The molecule has 1 aromatic rings. The fourth-order valence-corrected chi connectivity index (χ4v) is 2.89. The zero-order chi connectivity index (χ0) is 12.7. The molecule has 0 bridgehead atoms. The third-order valence-corrected chi connectivity index (χ3v) is 4.70. The highest BCUT2D eigenvalue weighted by Crippen LogP contribution is 2.71. The Bertz CT molecular complexity index is 376. The second kappa shape index (κ2) is 4.04. The van der Waals surface area contributed by atoms with Crippen molar-refractivity contribution in [2.24, 2.45) is 10.8 Å². The van der Waals surface area contributed by atoms with Crippen LogP contribution in [0.1, 0.15) is 53.5 Å². The Morgan fingerprint density at radius 3 is 2.47 bits per heavy atom. The summed E-state index contributed by atoms with van der Waals surface area (Å²) in [5.74, 6) is 1.03. The van der Waals surface area contributed by atoms with Crippen molar-refractivity contribution in [1.29, 1.82) is 0 Å². The van der Waals surface area contributed by atoms with Crippen LogP contribution in [-0.2, 0) is 0 Å². The molecule has 3 nitrogen and oxygen atoms in total. The van der Waals surface area contributed by atoms with Gasteiger partial charge in [-0.25, -0.2) is 4.98 Å². The molecule has 0 aliphatic heterocycles. The summed E-state index contributed by atoms with van der Waals surface area (Å²) in [5, 5.41) is 3.44. The van der Waals surface area contributed by atoms with E-state index in [-0.39, 0.29) is 0 Å². The molecule has 3 heteroatoms. The number of hydrogen-bond acceptors (Lipinski definition) is 2. The zero-order valence-electron chi connectivity index (χ0n) is 11.7. The predicted octanol–water partition coefficient (Wildman–Crippen LogP) is 3.70. The Morgan fingerprint density at radius 1 is 1.29 bits per heavy atom. The van der Waals surface area contributed by atoms with Crippen LogP contribution in [0.3, 0.4) is 0 Å². The van der Waals surface area contributed by atoms with Crippen molar-refractivity contribution in [3.05, 3.63) is 12.4 Å². The molecule has 0 radical (unpaired) electrons. The lowest BCUT2D eigenvalue weighted by Crippen LogP contribution is -2.09. The zero-order valence-corrected chi connectivity index (χ0v) is 11.7. The average molecular weight is 235 g/mol. The molecule has 2 rings (SSSR count).